The minimum atomic E-state index is -1.52. The number of aromatic nitrogens is 5. The number of benzene rings is 2. The number of hydrogen-bond donors (Lipinski definition) is 0. The molecule has 2 atom stereocenters. The Morgan fingerprint density at radius 2 is 1.69 bits per heavy atom. The second-order valence-corrected chi connectivity index (χ2v) is 9.17. The van der Waals surface area contributed by atoms with Gasteiger partial charge in [-0.25, -0.2) is 17.6 Å². The molecule has 2 aliphatic heterocycles. The fourth-order valence-electron chi connectivity index (χ4n) is 5.53. The number of hydrogen-bond acceptors (Lipinski definition) is 4. The molecular formula is C25H20F4N6O. The standard InChI is InChI=1S/C25H20F4N6O/c1-33-24(13-7-19(27)22(29)20(28)8-13)18-10-16-3-2-4-21(23(18)32-33)35(16)25(36)14-5-15(26)9-17(6-14)34-11-30-31-12-34/h5-9,11-12,16,21H,2-4,10H2,1H3/t16-,21+/m1/s1. The lowest BCUT2D eigenvalue weighted by Crippen LogP contribution is -2.49. The van der Waals surface area contributed by atoms with Crippen molar-refractivity contribution in [3.63, 3.8) is 0 Å². The average molecular weight is 496 g/mol. The van der Waals surface area contributed by atoms with E-state index in [0.717, 1.165) is 30.5 Å². The Labute approximate surface area is 203 Å². The first-order chi connectivity index (χ1) is 17.3. The van der Waals surface area contributed by atoms with Gasteiger partial charge in [-0.05, 0) is 56.0 Å². The summed E-state index contributed by atoms with van der Waals surface area (Å²) in [6.45, 7) is 0. The van der Waals surface area contributed by atoms with Crippen molar-refractivity contribution in [2.45, 2.75) is 37.8 Å². The van der Waals surface area contributed by atoms with Gasteiger partial charge < -0.3 is 4.90 Å². The zero-order chi connectivity index (χ0) is 25.1. The maximum Gasteiger partial charge on any atom is 0.254 e. The molecule has 0 N–H and O–H groups in total. The van der Waals surface area contributed by atoms with Crippen LogP contribution in [0.5, 0.6) is 0 Å². The first kappa shape index (κ1) is 22.4. The van der Waals surface area contributed by atoms with Gasteiger partial charge in [0, 0.05) is 29.8 Å². The van der Waals surface area contributed by atoms with Crippen LogP contribution in [0.15, 0.2) is 43.0 Å². The molecule has 0 saturated carbocycles. The topological polar surface area (TPSA) is 68.8 Å². The lowest BCUT2D eigenvalue weighted by molar-refractivity contribution is 0.0391. The van der Waals surface area contributed by atoms with Crippen molar-refractivity contribution < 1.29 is 22.4 Å². The monoisotopic (exact) mass is 496 g/mol. The molecule has 1 saturated heterocycles. The Bertz CT molecular complexity index is 1480. The Morgan fingerprint density at radius 3 is 2.42 bits per heavy atom. The largest absolute Gasteiger partial charge is 0.327 e. The third-order valence-corrected chi connectivity index (χ3v) is 7.01. The zero-order valence-corrected chi connectivity index (χ0v) is 19.1. The van der Waals surface area contributed by atoms with Gasteiger partial charge in [0.2, 0.25) is 0 Å². The molecule has 0 unspecified atom stereocenters. The van der Waals surface area contributed by atoms with E-state index < -0.39 is 23.3 Å². The summed E-state index contributed by atoms with van der Waals surface area (Å²) < 4.78 is 59.1. The molecule has 2 aliphatic rings. The summed E-state index contributed by atoms with van der Waals surface area (Å²) >= 11 is 0. The molecule has 184 valence electrons. The Hall–Kier alpha value is -4.02. The maximum atomic E-state index is 14.5. The second-order valence-electron chi connectivity index (χ2n) is 9.17. The van der Waals surface area contributed by atoms with Crippen molar-refractivity contribution in [3.05, 3.63) is 83.1 Å². The molecule has 2 bridgehead atoms. The zero-order valence-electron chi connectivity index (χ0n) is 19.1. The van der Waals surface area contributed by atoms with E-state index in [1.807, 2.05) is 0 Å². The number of fused-ring (bicyclic) bond motifs is 4. The van der Waals surface area contributed by atoms with Crippen LogP contribution in [0, 0.1) is 23.3 Å². The van der Waals surface area contributed by atoms with Crippen LogP contribution in [0.1, 0.15) is 46.9 Å². The van der Waals surface area contributed by atoms with Crippen molar-refractivity contribution in [3.8, 4) is 16.9 Å². The van der Waals surface area contributed by atoms with Crippen LogP contribution < -0.4 is 0 Å². The van der Waals surface area contributed by atoms with E-state index in [1.165, 1.54) is 34.0 Å². The second kappa shape index (κ2) is 8.28. The van der Waals surface area contributed by atoms with E-state index in [-0.39, 0.29) is 29.1 Å². The molecule has 4 aromatic rings. The van der Waals surface area contributed by atoms with Crippen molar-refractivity contribution in [2.75, 3.05) is 0 Å². The summed E-state index contributed by atoms with van der Waals surface area (Å²) in [5.74, 6) is -4.96. The highest BCUT2D eigenvalue weighted by Crippen LogP contribution is 2.45. The molecule has 2 aromatic carbocycles. The first-order valence-electron chi connectivity index (χ1n) is 11.5. The summed E-state index contributed by atoms with van der Waals surface area (Å²) in [5, 5.41) is 12.1. The number of aryl methyl sites for hydroxylation is 1. The molecule has 0 aliphatic carbocycles. The van der Waals surface area contributed by atoms with Crippen LogP contribution in [0.25, 0.3) is 16.9 Å². The first-order valence-corrected chi connectivity index (χ1v) is 11.5. The van der Waals surface area contributed by atoms with Gasteiger partial charge >= 0.3 is 0 Å². The van der Waals surface area contributed by atoms with Crippen molar-refractivity contribution in [2.24, 2.45) is 7.05 Å². The number of halogens is 4. The summed E-state index contributed by atoms with van der Waals surface area (Å²) in [6.07, 6.45) is 5.48. The molecule has 1 fully saturated rings. The van der Waals surface area contributed by atoms with Crippen molar-refractivity contribution in [1.82, 2.24) is 29.4 Å². The number of rotatable bonds is 3. The van der Waals surface area contributed by atoms with Gasteiger partial charge in [0.1, 0.15) is 18.5 Å². The Morgan fingerprint density at radius 1 is 0.972 bits per heavy atom. The number of nitrogens with zero attached hydrogens (tertiary/aromatic N) is 6. The van der Waals surface area contributed by atoms with Gasteiger partial charge in [-0.15, -0.1) is 10.2 Å². The summed E-state index contributed by atoms with van der Waals surface area (Å²) in [6, 6.07) is 5.43. The Balaban J connectivity index is 1.41. The number of piperidine rings is 1. The Kier molecular flexibility index (Phi) is 5.16. The van der Waals surface area contributed by atoms with Crippen LogP contribution in [0.4, 0.5) is 17.6 Å². The molecule has 2 aromatic heterocycles. The quantitative estimate of drug-likeness (QED) is 0.309. The molecule has 6 rings (SSSR count). The predicted molar refractivity (Wildman–Crippen MR) is 120 cm³/mol. The van der Waals surface area contributed by atoms with Crippen molar-refractivity contribution in [1.29, 1.82) is 0 Å². The van der Waals surface area contributed by atoms with Gasteiger partial charge in [-0.1, -0.05) is 0 Å². The predicted octanol–water partition coefficient (Wildman–Crippen LogP) is 4.52. The average Bonchev–Trinajstić information content (AvgIpc) is 3.49. The van der Waals surface area contributed by atoms with Gasteiger partial charge in [0.05, 0.1) is 23.1 Å². The van der Waals surface area contributed by atoms with Gasteiger partial charge in [-0.3, -0.25) is 14.0 Å². The molecule has 1 amide bonds. The minimum absolute atomic E-state index is 0.184. The van der Waals surface area contributed by atoms with Gasteiger partial charge in [0.15, 0.2) is 17.5 Å². The van der Waals surface area contributed by atoms with Crippen LogP contribution in [0.3, 0.4) is 0 Å². The molecule has 0 spiro atoms. The van der Waals surface area contributed by atoms with Crippen LogP contribution in [-0.2, 0) is 13.5 Å². The summed E-state index contributed by atoms with van der Waals surface area (Å²) in [5.41, 5.74) is 2.71. The molecule has 36 heavy (non-hydrogen) atoms. The highest BCUT2D eigenvalue weighted by atomic mass is 19.2. The third kappa shape index (κ3) is 3.49. The normalized spacial score (nSPS) is 18.9. The molecule has 11 heteroatoms. The van der Waals surface area contributed by atoms with E-state index in [0.29, 0.717) is 29.9 Å². The summed E-state index contributed by atoms with van der Waals surface area (Å²) in [7, 11) is 1.65. The lowest BCUT2D eigenvalue weighted by atomic mass is 9.81. The van der Waals surface area contributed by atoms with Crippen LogP contribution >= 0.6 is 0 Å². The smallest absolute Gasteiger partial charge is 0.254 e. The van der Waals surface area contributed by atoms with Gasteiger partial charge in [0.25, 0.3) is 5.91 Å². The van der Waals surface area contributed by atoms with E-state index in [2.05, 4.69) is 15.3 Å². The molecule has 0 radical (unpaired) electrons. The van der Waals surface area contributed by atoms with E-state index >= 15 is 0 Å². The maximum absolute atomic E-state index is 14.5. The third-order valence-electron chi connectivity index (χ3n) is 7.01. The molecule has 4 heterocycles. The van der Waals surface area contributed by atoms with Crippen molar-refractivity contribution >= 4 is 5.91 Å². The van der Waals surface area contributed by atoms with Crippen LogP contribution in [-0.4, -0.2) is 41.4 Å². The van der Waals surface area contributed by atoms with Crippen LogP contribution in [0.2, 0.25) is 0 Å². The van der Waals surface area contributed by atoms with E-state index in [9.17, 15) is 22.4 Å². The lowest BCUT2D eigenvalue weighted by Gasteiger charge is -2.45. The minimum Gasteiger partial charge on any atom is -0.327 e. The van der Waals surface area contributed by atoms with E-state index in [4.69, 9.17) is 0 Å². The highest BCUT2D eigenvalue weighted by Gasteiger charge is 2.43. The van der Waals surface area contributed by atoms with Gasteiger partial charge in [-0.2, -0.15) is 5.10 Å². The fourth-order valence-corrected chi connectivity index (χ4v) is 5.53. The fraction of sp³-hybridized carbons (Fsp3) is 0.280. The summed E-state index contributed by atoms with van der Waals surface area (Å²) in [4.78, 5) is 15.5. The number of amides is 1. The van der Waals surface area contributed by atoms with E-state index in [1.54, 1.807) is 18.0 Å². The SMILES string of the molecule is Cn1nc2c(c1-c1cc(F)c(F)c(F)c1)C[C@H]1CCC[C@@H]2N1C(=O)c1cc(F)cc(-n2cnnc2)c1. The number of carbonyl (C=O) groups excluding carboxylic acids is 1. The highest BCUT2D eigenvalue weighted by molar-refractivity contribution is 5.95. The molecular weight excluding hydrogens is 476 g/mol. The number of carbonyl (C=O) groups is 1. The molecule has 7 nitrogen and oxygen atoms in total.